The minimum Gasteiger partial charge on any atom is -0.449 e. The van der Waals surface area contributed by atoms with E-state index in [4.69, 9.17) is 4.74 Å². The Hall–Kier alpha value is -3.20. The normalized spacial score (nSPS) is 11.6. The molecule has 0 aliphatic heterocycles. The molecule has 0 aliphatic carbocycles. The van der Waals surface area contributed by atoms with Gasteiger partial charge in [0.1, 0.15) is 11.6 Å². The fourth-order valence-corrected chi connectivity index (χ4v) is 4.84. The molecule has 188 valence electrons. The van der Waals surface area contributed by atoms with E-state index in [-0.39, 0.29) is 11.5 Å². The molecule has 0 saturated heterocycles. The van der Waals surface area contributed by atoms with Crippen LogP contribution in [0.3, 0.4) is 0 Å². The summed E-state index contributed by atoms with van der Waals surface area (Å²) in [5.41, 5.74) is 2.09. The lowest BCUT2D eigenvalue weighted by atomic mass is 9.97. The third-order valence-corrected chi connectivity index (χ3v) is 6.93. The highest BCUT2D eigenvalue weighted by molar-refractivity contribution is 7.90. The molecule has 3 rings (SSSR count). The van der Waals surface area contributed by atoms with E-state index >= 15 is 4.39 Å². The number of hydrogen-bond acceptors (Lipinski definition) is 5. The predicted molar refractivity (Wildman–Crippen MR) is 133 cm³/mol. The molecule has 1 heterocycles. The van der Waals surface area contributed by atoms with E-state index in [9.17, 15) is 13.2 Å². The molecule has 0 saturated carbocycles. The van der Waals surface area contributed by atoms with Crippen molar-refractivity contribution in [3.8, 4) is 11.1 Å². The van der Waals surface area contributed by atoms with Crippen molar-refractivity contribution in [3.63, 3.8) is 0 Å². The molecular weight excluding hydrogens is 469 g/mol. The molecule has 0 atom stereocenters. The van der Waals surface area contributed by atoms with E-state index in [1.807, 2.05) is 23.1 Å². The maximum atomic E-state index is 15.1. The summed E-state index contributed by atoms with van der Waals surface area (Å²) in [5, 5.41) is 0. The Balaban J connectivity index is 1.98. The highest BCUT2D eigenvalue weighted by Gasteiger charge is 2.24. The fraction of sp³-hybridized carbons (Fsp3) is 0.385. The van der Waals surface area contributed by atoms with Gasteiger partial charge in [0, 0.05) is 23.5 Å². The molecular formula is C26H32FN3O4S. The van der Waals surface area contributed by atoms with Crippen LogP contribution in [0.2, 0.25) is 0 Å². The van der Waals surface area contributed by atoms with Crippen molar-refractivity contribution in [1.82, 2.24) is 14.3 Å². The highest BCUT2D eigenvalue weighted by Crippen LogP contribution is 2.31. The zero-order valence-corrected chi connectivity index (χ0v) is 21.4. The van der Waals surface area contributed by atoms with Gasteiger partial charge >= 0.3 is 6.09 Å². The number of aryl methyl sites for hydroxylation is 1. The first kappa shape index (κ1) is 26.4. The van der Waals surface area contributed by atoms with Crippen LogP contribution >= 0.6 is 0 Å². The second kappa shape index (κ2) is 11.5. The Kier molecular flexibility index (Phi) is 8.67. The standard InChI is InChI=1S/C26H32FN3O4S/c1-5-6-13-34-26(31)29-35(32,33)25-10-7-20(14-18(2)3)15-23(25)21-8-9-22(24(27)16-21)17-30-12-11-28-19(30)4/h7-12,15-16,18H,5-6,13-14,17H2,1-4H3,(H,29,31). The van der Waals surface area contributed by atoms with Gasteiger partial charge in [-0.2, -0.15) is 0 Å². The monoisotopic (exact) mass is 501 g/mol. The van der Waals surface area contributed by atoms with E-state index < -0.39 is 21.9 Å². The Morgan fingerprint density at radius 3 is 2.60 bits per heavy atom. The number of halogens is 1. The van der Waals surface area contributed by atoms with Gasteiger partial charge in [0.25, 0.3) is 10.0 Å². The van der Waals surface area contributed by atoms with Crippen molar-refractivity contribution >= 4 is 16.1 Å². The summed E-state index contributed by atoms with van der Waals surface area (Å²) in [6, 6.07) is 9.57. The van der Waals surface area contributed by atoms with E-state index in [1.54, 1.807) is 36.7 Å². The van der Waals surface area contributed by atoms with Gasteiger partial charge < -0.3 is 9.30 Å². The van der Waals surface area contributed by atoms with Crippen LogP contribution < -0.4 is 4.72 Å². The maximum absolute atomic E-state index is 15.1. The number of hydrogen-bond donors (Lipinski definition) is 1. The Morgan fingerprint density at radius 2 is 1.97 bits per heavy atom. The van der Waals surface area contributed by atoms with Gasteiger partial charge in [-0.05, 0) is 55.0 Å². The van der Waals surface area contributed by atoms with Crippen molar-refractivity contribution in [2.24, 2.45) is 5.92 Å². The first-order valence-corrected chi connectivity index (χ1v) is 13.2. The second-order valence-corrected chi connectivity index (χ2v) is 10.6. The molecule has 0 spiro atoms. The highest BCUT2D eigenvalue weighted by atomic mass is 32.2. The lowest BCUT2D eigenvalue weighted by Gasteiger charge is -2.15. The number of nitrogens with one attached hydrogen (secondary N) is 1. The van der Waals surface area contributed by atoms with Gasteiger partial charge in [-0.25, -0.2) is 27.3 Å². The summed E-state index contributed by atoms with van der Waals surface area (Å²) >= 11 is 0. The molecule has 0 bridgehead atoms. The number of imidazole rings is 1. The van der Waals surface area contributed by atoms with Crippen LogP contribution in [0.4, 0.5) is 9.18 Å². The number of aromatic nitrogens is 2. The minimum absolute atomic E-state index is 0.116. The lowest BCUT2D eigenvalue weighted by molar-refractivity contribution is 0.151. The summed E-state index contributed by atoms with van der Waals surface area (Å²) < 4.78 is 50.0. The van der Waals surface area contributed by atoms with Gasteiger partial charge in [0.05, 0.1) is 18.0 Å². The van der Waals surface area contributed by atoms with E-state index in [2.05, 4.69) is 18.8 Å². The summed E-state index contributed by atoms with van der Waals surface area (Å²) in [6.45, 7) is 8.33. The van der Waals surface area contributed by atoms with E-state index in [1.165, 1.54) is 12.1 Å². The third kappa shape index (κ3) is 6.91. The second-order valence-electron chi connectivity index (χ2n) is 8.93. The Morgan fingerprint density at radius 1 is 1.20 bits per heavy atom. The number of benzene rings is 2. The quantitative estimate of drug-likeness (QED) is 0.373. The van der Waals surface area contributed by atoms with Crippen LogP contribution in [0.5, 0.6) is 0 Å². The summed E-state index contributed by atoms with van der Waals surface area (Å²) in [6.07, 6.45) is 4.55. The number of nitrogens with zero attached hydrogens (tertiary/aromatic N) is 2. The topological polar surface area (TPSA) is 90.3 Å². The Labute approximate surface area is 206 Å². The maximum Gasteiger partial charge on any atom is 0.421 e. The molecule has 1 amide bonds. The summed E-state index contributed by atoms with van der Waals surface area (Å²) in [5.74, 6) is 0.648. The molecule has 0 aliphatic rings. The van der Waals surface area contributed by atoms with Crippen LogP contribution in [-0.2, 0) is 27.7 Å². The average molecular weight is 502 g/mol. The van der Waals surface area contributed by atoms with Crippen molar-refractivity contribution in [2.75, 3.05) is 6.61 Å². The smallest absolute Gasteiger partial charge is 0.421 e. The average Bonchev–Trinajstić information content (AvgIpc) is 3.18. The number of rotatable bonds is 10. The molecule has 0 unspecified atom stereocenters. The molecule has 7 nitrogen and oxygen atoms in total. The number of amides is 1. The molecule has 3 aromatic rings. The predicted octanol–water partition coefficient (Wildman–Crippen LogP) is 5.46. The zero-order valence-electron chi connectivity index (χ0n) is 20.5. The Bertz CT molecular complexity index is 1290. The van der Waals surface area contributed by atoms with Gasteiger partial charge in [0.2, 0.25) is 0 Å². The molecule has 0 radical (unpaired) electrons. The number of sulfonamides is 1. The van der Waals surface area contributed by atoms with Crippen LogP contribution in [0, 0.1) is 18.7 Å². The summed E-state index contributed by atoms with van der Waals surface area (Å²) in [4.78, 5) is 16.1. The third-order valence-electron chi connectivity index (χ3n) is 5.55. The van der Waals surface area contributed by atoms with Crippen LogP contribution in [0.25, 0.3) is 11.1 Å². The number of unbranched alkanes of at least 4 members (excludes halogenated alkanes) is 1. The molecule has 0 fully saturated rings. The molecule has 9 heteroatoms. The first-order valence-electron chi connectivity index (χ1n) is 11.7. The lowest BCUT2D eigenvalue weighted by Crippen LogP contribution is -2.31. The first-order chi connectivity index (χ1) is 16.6. The molecule has 1 N–H and O–H groups in total. The number of carbonyl (C=O) groups is 1. The van der Waals surface area contributed by atoms with Crippen molar-refractivity contribution in [1.29, 1.82) is 0 Å². The molecule has 35 heavy (non-hydrogen) atoms. The van der Waals surface area contributed by atoms with Gasteiger partial charge in [-0.15, -0.1) is 0 Å². The summed E-state index contributed by atoms with van der Waals surface area (Å²) in [7, 11) is -4.25. The van der Waals surface area contributed by atoms with Gasteiger partial charge in [-0.1, -0.05) is 45.4 Å². The fourth-order valence-electron chi connectivity index (χ4n) is 3.74. The molecule has 2 aromatic carbocycles. The minimum atomic E-state index is -4.25. The molecule has 1 aromatic heterocycles. The van der Waals surface area contributed by atoms with Gasteiger partial charge in [-0.3, -0.25) is 0 Å². The van der Waals surface area contributed by atoms with Gasteiger partial charge in [0.15, 0.2) is 0 Å². The van der Waals surface area contributed by atoms with Crippen molar-refractivity contribution in [3.05, 3.63) is 71.6 Å². The van der Waals surface area contributed by atoms with Crippen LogP contribution in [-0.4, -0.2) is 30.7 Å². The largest absolute Gasteiger partial charge is 0.449 e. The van der Waals surface area contributed by atoms with Crippen LogP contribution in [0.15, 0.2) is 53.7 Å². The van der Waals surface area contributed by atoms with E-state index in [0.29, 0.717) is 35.6 Å². The SMILES string of the molecule is CCCCOC(=O)NS(=O)(=O)c1ccc(CC(C)C)cc1-c1ccc(Cn2ccnc2C)c(F)c1. The van der Waals surface area contributed by atoms with E-state index in [0.717, 1.165) is 24.2 Å². The number of carbonyl (C=O) groups excluding carboxylic acids is 1. The van der Waals surface area contributed by atoms with Crippen LogP contribution in [0.1, 0.15) is 50.6 Å². The van der Waals surface area contributed by atoms with Crippen molar-refractivity contribution in [2.45, 2.75) is 58.4 Å². The zero-order chi connectivity index (χ0) is 25.6. The number of ether oxygens (including phenoxy) is 1. The van der Waals surface area contributed by atoms with Crippen molar-refractivity contribution < 1.29 is 22.3 Å².